The minimum absolute atomic E-state index is 0.362. The van der Waals surface area contributed by atoms with Crippen LogP contribution >= 0.6 is 11.6 Å². The number of benzene rings is 2. The van der Waals surface area contributed by atoms with E-state index in [2.05, 4.69) is 42.8 Å². The normalized spacial score (nSPS) is 14.9. The van der Waals surface area contributed by atoms with Gasteiger partial charge in [0.05, 0.1) is 24.3 Å². The average molecular weight is 535 g/mol. The summed E-state index contributed by atoms with van der Waals surface area (Å²) in [6, 6.07) is 15.8. The molecule has 0 saturated carbocycles. The lowest BCUT2D eigenvalue weighted by Gasteiger charge is -2.29. The molecule has 4 N–H and O–H groups in total. The van der Waals surface area contributed by atoms with Crippen molar-refractivity contribution < 1.29 is 9.84 Å². The highest BCUT2D eigenvalue weighted by molar-refractivity contribution is 6.35. The smallest absolute Gasteiger partial charge is 0.229 e. The van der Waals surface area contributed by atoms with E-state index in [0.29, 0.717) is 27.8 Å². The highest BCUT2D eigenvalue weighted by Crippen LogP contribution is 2.33. The summed E-state index contributed by atoms with van der Waals surface area (Å²) in [7, 11) is 3.95. The molecule has 11 heteroatoms. The Kier molecular flexibility index (Phi) is 8.04. The van der Waals surface area contributed by atoms with Crippen LogP contribution in [0.25, 0.3) is 22.3 Å². The number of hydrogen-bond acceptors (Lipinski definition) is 9. The van der Waals surface area contributed by atoms with E-state index < -0.39 is 6.23 Å². The number of nitrogens with one attached hydrogen (secondary N) is 3. The number of aromatic amines is 1. The predicted octanol–water partition coefficient (Wildman–Crippen LogP) is 4.10. The predicted molar refractivity (Wildman–Crippen MR) is 152 cm³/mol. The van der Waals surface area contributed by atoms with Crippen LogP contribution in [0.2, 0.25) is 5.15 Å². The number of aromatic nitrogens is 4. The van der Waals surface area contributed by atoms with Crippen LogP contribution in [0.4, 0.5) is 23.0 Å². The molecular formula is C27H31ClN8O2. The number of anilines is 4. The molecule has 1 unspecified atom stereocenters. The lowest BCUT2D eigenvalue weighted by atomic mass is 10.1. The second-order valence-corrected chi connectivity index (χ2v) is 9.65. The molecule has 1 fully saturated rings. The van der Waals surface area contributed by atoms with Crippen LogP contribution in [0.5, 0.6) is 0 Å². The largest absolute Gasteiger partial charge is 0.378 e. The molecule has 1 aliphatic heterocycles. The molecule has 0 radical (unpaired) electrons. The number of ether oxygens (including phenoxy) is 1. The fourth-order valence-electron chi connectivity index (χ4n) is 4.26. The van der Waals surface area contributed by atoms with Gasteiger partial charge in [0.1, 0.15) is 11.4 Å². The summed E-state index contributed by atoms with van der Waals surface area (Å²) in [4.78, 5) is 13.7. The molecule has 5 rings (SSSR count). The SMILES string of the molecule is CN(C)C/C=C/C(O)Nc1cccc(-c2nc(Nc3cccc(N4CCOCC4)c3)nc3n[nH]c(Cl)c23)c1. The Hall–Kier alpha value is -3.70. The maximum atomic E-state index is 10.4. The van der Waals surface area contributed by atoms with Gasteiger partial charge in [-0.15, -0.1) is 0 Å². The molecule has 198 valence electrons. The average Bonchev–Trinajstić information content (AvgIpc) is 3.29. The molecule has 2 aromatic carbocycles. The zero-order valence-electron chi connectivity index (χ0n) is 21.4. The van der Waals surface area contributed by atoms with Gasteiger partial charge in [-0.05, 0) is 50.5 Å². The first-order chi connectivity index (χ1) is 18.5. The van der Waals surface area contributed by atoms with Crippen molar-refractivity contribution in [3.8, 4) is 11.3 Å². The van der Waals surface area contributed by atoms with Crippen LogP contribution in [0.1, 0.15) is 0 Å². The minimum atomic E-state index is -0.830. The number of H-pyrrole nitrogens is 1. The number of fused-ring (bicyclic) bond motifs is 1. The zero-order chi connectivity index (χ0) is 26.5. The molecule has 1 aliphatic rings. The molecule has 0 aliphatic carbocycles. The number of hydrogen-bond donors (Lipinski definition) is 4. The van der Waals surface area contributed by atoms with Crippen molar-refractivity contribution in [2.45, 2.75) is 6.23 Å². The van der Waals surface area contributed by atoms with Crippen LogP contribution in [0.15, 0.2) is 60.7 Å². The monoisotopic (exact) mass is 534 g/mol. The maximum absolute atomic E-state index is 10.4. The molecule has 4 aromatic rings. The van der Waals surface area contributed by atoms with Gasteiger partial charge in [0.25, 0.3) is 0 Å². The van der Waals surface area contributed by atoms with Gasteiger partial charge in [-0.2, -0.15) is 10.1 Å². The Labute approximate surface area is 226 Å². The number of rotatable bonds is 9. The van der Waals surface area contributed by atoms with E-state index in [4.69, 9.17) is 21.3 Å². The van der Waals surface area contributed by atoms with Gasteiger partial charge in [0.15, 0.2) is 5.65 Å². The Morgan fingerprint density at radius 2 is 1.92 bits per heavy atom. The summed E-state index contributed by atoms with van der Waals surface area (Å²) in [6.45, 7) is 3.89. The minimum Gasteiger partial charge on any atom is -0.378 e. The van der Waals surface area contributed by atoms with Crippen molar-refractivity contribution in [1.29, 1.82) is 0 Å². The molecule has 0 spiro atoms. The third kappa shape index (κ3) is 6.22. The number of aliphatic hydroxyl groups is 1. The van der Waals surface area contributed by atoms with Crippen LogP contribution in [0, 0.1) is 0 Å². The molecule has 2 aromatic heterocycles. The number of halogens is 1. The highest BCUT2D eigenvalue weighted by Gasteiger charge is 2.17. The summed E-state index contributed by atoms with van der Waals surface area (Å²) in [5.74, 6) is 0.403. The van der Waals surface area contributed by atoms with Gasteiger partial charge in [-0.3, -0.25) is 5.10 Å². The lowest BCUT2D eigenvalue weighted by molar-refractivity contribution is 0.122. The molecule has 1 saturated heterocycles. The van der Waals surface area contributed by atoms with E-state index in [-0.39, 0.29) is 0 Å². The molecule has 1 atom stereocenters. The van der Waals surface area contributed by atoms with Crippen LogP contribution < -0.4 is 15.5 Å². The lowest BCUT2D eigenvalue weighted by Crippen LogP contribution is -2.36. The van der Waals surface area contributed by atoms with Gasteiger partial charge in [-0.25, -0.2) is 4.98 Å². The maximum Gasteiger partial charge on any atom is 0.229 e. The van der Waals surface area contributed by atoms with Crippen LogP contribution in [-0.2, 0) is 4.74 Å². The second-order valence-electron chi connectivity index (χ2n) is 9.27. The Morgan fingerprint density at radius 3 is 2.74 bits per heavy atom. The first-order valence-corrected chi connectivity index (χ1v) is 12.8. The van der Waals surface area contributed by atoms with Gasteiger partial charge < -0.3 is 30.3 Å². The van der Waals surface area contributed by atoms with Gasteiger partial charge >= 0.3 is 0 Å². The zero-order valence-corrected chi connectivity index (χ0v) is 22.1. The number of likely N-dealkylation sites (N-methyl/N-ethyl adjacent to an activating group) is 1. The Balaban J connectivity index is 1.42. The number of nitrogens with zero attached hydrogens (tertiary/aromatic N) is 5. The van der Waals surface area contributed by atoms with Gasteiger partial charge in [-0.1, -0.05) is 35.9 Å². The highest BCUT2D eigenvalue weighted by atomic mass is 35.5. The molecule has 0 amide bonds. The fourth-order valence-corrected chi connectivity index (χ4v) is 4.48. The standard InChI is InChI=1S/C27H31ClN8O2/c1-35(2)11-5-10-22(37)29-19-7-3-6-18(16-19)24-23-25(28)33-34-26(23)32-27(31-24)30-20-8-4-9-21(17-20)36-12-14-38-15-13-36/h3-10,16-17,22,29,37H,11-15H2,1-2H3,(H2,30,31,32,33,34)/b10-5+. The van der Waals surface area contributed by atoms with Crippen molar-refractivity contribution in [1.82, 2.24) is 25.1 Å². The van der Waals surface area contributed by atoms with E-state index in [1.165, 1.54) is 0 Å². The summed E-state index contributed by atoms with van der Waals surface area (Å²) in [6.07, 6.45) is 2.80. The first kappa shape index (κ1) is 25.9. The molecule has 10 nitrogen and oxygen atoms in total. The fraction of sp³-hybridized carbons (Fsp3) is 0.296. The molecule has 0 bridgehead atoms. The molecule has 38 heavy (non-hydrogen) atoms. The van der Waals surface area contributed by atoms with Gasteiger partial charge in [0, 0.05) is 42.3 Å². The van der Waals surface area contributed by atoms with Crippen molar-refractivity contribution in [3.63, 3.8) is 0 Å². The Bertz CT molecular complexity index is 1420. The summed E-state index contributed by atoms with van der Waals surface area (Å²) >= 11 is 6.45. The quantitative estimate of drug-likeness (QED) is 0.186. The third-order valence-corrected chi connectivity index (χ3v) is 6.36. The van der Waals surface area contributed by atoms with Crippen LogP contribution in [0.3, 0.4) is 0 Å². The summed E-state index contributed by atoms with van der Waals surface area (Å²) < 4.78 is 5.48. The van der Waals surface area contributed by atoms with Crippen molar-refractivity contribution in [2.24, 2.45) is 0 Å². The van der Waals surface area contributed by atoms with Crippen molar-refractivity contribution in [2.75, 3.05) is 62.5 Å². The number of aliphatic hydroxyl groups excluding tert-OH is 1. The van der Waals surface area contributed by atoms with Crippen LogP contribution in [-0.4, -0.2) is 83.3 Å². The topological polar surface area (TPSA) is 114 Å². The molecular weight excluding hydrogens is 504 g/mol. The van der Waals surface area contributed by atoms with E-state index in [1.54, 1.807) is 6.08 Å². The number of morpholine rings is 1. The Morgan fingerprint density at radius 1 is 1.13 bits per heavy atom. The third-order valence-electron chi connectivity index (χ3n) is 6.09. The van der Waals surface area contributed by atoms with E-state index in [9.17, 15) is 5.11 Å². The van der Waals surface area contributed by atoms with E-state index in [1.807, 2.05) is 61.5 Å². The first-order valence-electron chi connectivity index (χ1n) is 12.4. The van der Waals surface area contributed by atoms with E-state index >= 15 is 0 Å². The summed E-state index contributed by atoms with van der Waals surface area (Å²) in [5, 5.41) is 24.9. The summed E-state index contributed by atoms with van der Waals surface area (Å²) in [5.41, 5.74) is 4.60. The second kappa shape index (κ2) is 11.8. The van der Waals surface area contributed by atoms with E-state index in [0.717, 1.165) is 55.5 Å². The molecule has 3 heterocycles. The van der Waals surface area contributed by atoms with Crippen molar-refractivity contribution in [3.05, 3.63) is 65.8 Å². The van der Waals surface area contributed by atoms with Crippen molar-refractivity contribution >= 4 is 45.6 Å². The van der Waals surface area contributed by atoms with Gasteiger partial charge in [0.2, 0.25) is 5.95 Å².